The van der Waals surface area contributed by atoms with E-state index in [0.717, 1.165) is 43.4 Å². The third-order valence-corrected chi connectivity index (χ3v) is 4.64. The number of esters is 1. The van der Waals surface area contributed by atoms with Crippen LogP contribution in [0.4, 0.5) is 0 Å². The van der Waals surface area contributed by atoms with Crippen molar-refractivity contribution in [2.75, 3.05) is 46.2 Å². The molecule has 0 spiro atoms. The molecule has 3 rings (SSSR count). The third kappa shape index (κ3) is 5.21. The molecule has 8 nitrogen and oxygen atoms in total. The van der Waals surface area contributed by atoms with Gasteiger partial charge in [0, 0.05) is 25.7 Å². The number of hydrogen-bond acceptors (Lipinski definition) is 6. The van der Waals surface area contributed by atoms with Gasteiger partial charge in [-0.25, -0.2) is 4.99 Å². The monoisotopic (exact) mass is 391 g/mol. The molecule has 1 N–H and O–H groups in total. The number of hydrogen-bond donors (Lipinski definition) is 1. The van der Waals surface area contributed by atoms with E-state index in [-0.39, 0.29) is 18.7 Å². The van der Waals surface area contributed by atoms with Gasteiger partial charge < -0.3 is 29.2 Å². The van der Waals surface area contributed by atoms with Gasteiger partial charge >= 0.3 is 5.97 Å². The first-order valence-corrected chi connectivity index (χ1v) is 9.93. The zero-order valence-electron chi connectivity index (χ0n) is 16.6. The lowest BCUT2D eigenvalue weighted by Crippen LogP contribution is -2.48. The van der Waals surface area contributed by atoms with E-state index in [2.05, 4.69) is 15.2 Å². The van der Waals surface area contributed by atoms with E-state index in [1.54, 1.807) is 0 Å². The third-order valence-electron chi connectivity index (χ3n) is 4.64. The first kappa shape index (κ1) is 20.1. The molecule has 1 fully saturated rings. The maximum absolute atomic E-state index is 12.1. The average molecular weight is 391 g/mol. The highest BCUT2D eigenvalue weighted by molar-refractivity contribution is 5.81. The minimum Gasteiger partial charge on any atom is -0.492 e. The SMILES string of the molecule is CCNC(=NCCOc1ccc2c(c1)OCO2)N1CCCC(C(=O)OCC)C1. The molecule has 154 valence electrons. The summed E-state index contributed by atoms with van der Waals surface area (Å²) in [5.74, 6) is 2.76. The van der Waals surface area contributed by atoms with Gasteiger partial charge in [0.15, 0.2) is 17.5 Å². The quantitative estimate of drug-likeness (QED) is 0.330. The van der Waals surface area contributed by atoms with Crippen molar-refractivity contribution < 1.29 is 23.7 Å². The van der Waals surface area contributed by atoms with Crippen LogP contribution in [-0.4, -0.2) is 63.0 Å². The van der Waals surface area contributed by atoms with Crippen LogP contribution in [-0.2, 0) is 9.53 Å². The molecule has 28 heavy (non-hydrogen) atoms. The molecule has 0 aliphatic carbocycles. The summed E-state index contributed by atoms with van der Waals surface area (Å²) in [5.41, 5.74) is 0. The molecule has 1 aromatic carbocycles. The fourth-order valence-corrected chi connectivity index (χ4v) is 3.33. The van der Waals surface area contributed by atoms with Crippen molar-refractivity contribution in [1.82, 2.24) is 10.2 Å². The summed E-state index contributed by atoms with van der Waals surface area (Å²) >= 11 is 0. The summed E-state index contributed by atoms with van der Waals surface area (Å²) in [5, 5.41) is 3.31. The number of benzene rings is 1. The predicted octanol–water partition coefficient (Wildman–Crippen LogP) is 2.03. The number of piperidine rings is 1. The fraction of sp³-hybridized carbons (Fsp3) is 0.600. The number of nitrogens with zero attached hydrogens (tertiary/aromatic N) is 2. The van der Waals surface area contributed by atoms with Gasteiger partial charge in [0.25, 0.3) is 0 Å². The minimum absolute atomic E-state index is 0.0950. The molecule has 1 aromatic rings. The second-order valence-electron chi connectivity index (χ2n) is 6.64. The fourth-order valence-electron chi connectivity index (χ4n) is 3.33. The van der Waals surface area contributed by atoms with E-state index in [0.29, 0.717) is 32.1 Å². The van der Waals surface area contributed by atoms with Crippen LogP contribution in [0.15, 0.2) is 23.2 Å². The summed E-state index contributed by atoms with van der Waals surface area (Å²) in [6, 6.07) is 5.52. The standard InChI is InChI=1S/C20H29N3O5/c1-3-21-20(23-10-5-6-15(13-23)19(24)25-4-2)22-9-11-26-16-7-8-17-18(12-16)28-14-27-17/h7-8,12,15H,3-6,9-11,13-14H2,1-2H3,(H,21,22). The first-order valence-electron chi connectivity index (χ1n) is 9.93. The summed E-state index contributed by atoms with van der Waals surface area (Å²) < 4.78 is 21.6. The Balaban J connectivity index is 1.52. The van der Waals surface area contributed by atoms with E-state index in [9.17, 15) is 4.79 Å². The van der Waals surface area contributed by atoms with Crippen LogP contribution in [0.3, 0.4) is 0 Å². The lowest BCUT2D eigenvalue weighted by molar-refractivity contribution is -0.149. The molecule has 2 aliphatic heterocycles. The maximum atomic E-state index is 12.1. The molecule has 8 heteroatoms. The highest BCUT2D eigenvalue weighted by Gasteiger charge is 2.28. The van der Waals surface area contributed by atoms with Gasteiger partial charge in [-0.15, -0.1) is 0 Å². The van der Waals surface area contributed by atoms with Gasteiger partial charge in [-0.3, -0.25) is 4.79 Å². The second-order valence-corrected chi connectivity index (χ2v) is 6.64. The van der Waals surface area contributed by atoms with Gasteiger partial charge in [0.2, 0.25) is 6.79 Å². The van der Waals surface area contributed by atoms with Gasteiger partial charge in [0.1, 0.15) is 12.4 Å². The number of nitrogens with one attached hydrogen (secondary N) is 1. The van der Waals surface area contributed by atoms with Gasteiger partial charge in [0.05, 0.1) is 19.1 Å². The van der Waals surface area contributed by atoms with Crippen LogP contribution in [0.2, 0.25) is 0 Å². The number of aliphatic imine (C=N–C) groups is 1. The Morgan fingerprint density at radius 1 is 1.32 bits per heavy atom. The van der Waals surface area contributed by atoms with Crippen molar-refractivity contribution in [1.29, 1.82) is 0 Å². The number of guanidine groups is 1. The highest BCUT2D eigenvalue weighted by Crippen LogP contribution is 2.35. The number of likely N-dealkylation sites (tertiary alicyclic amines) is 1. The van der Waals surface area contributed by atoms with Crippen LogP contribution in [0.25, 0.3) is 0 Å². The van der Waals surface area contributed by atoms with Crippen molar-refractivity contribution in [3.63, 3.8) is 0 Å². The summed E-state index contributed by atoms with van der Waals surface area (Å²) in [6.07, 6.45) is 1.81. The molecule has 0 radical (unpaired) electrons. The zero-order valence-corrected chi connectivity index (χ0v) is 16.6. The van der Waals surface area contributed by atoms with Crippen LogP contribution >= 0.6 is 0 Å². The van der Waals surface area contributed by atoms with Crippen LogP contribution in [0.5, 0.6) is 17.2 Å². The molecule has 1 atom stereocenters. The highest BCUT2D eigenvalue weighted by atomic mass is 16.7. The molecule has 1 saturated heterocycles. The van der Waals surface area contributed by atoms with Gasteiger partial charge in [-0.1, -0.05) is 0 Å². The van der Waals surface area contributed by atoms with Crippen LogP contribution < -0.4 is 19.5 Å². The Bertz CT molecular complexity index is 694. The summed E-state index contributed by atoms with van der Waals surface area (Å²) in [6.45, 7) is 7.77. The van der Waals surface area contributed by atoms with Crippen LogP contribution in [0.1, 0.15) is 26.7 Å². The van der Waals surface area contributed by atoms with E-state index in [4.69, 9.17) is 18.9 Å². The topological polar surface area (TPSA) is 81.6 Å². The molecule has 0 amide bonds. The Labute approximate surface area is 165 Å². The molecule has 2 aliphatic rings. The smallest absolute Gasteiger partial charge is 0.310 e. The van der Waals surface area contributed by atoms with Crippen molar-refractivity contribution >= 4 is 11.9 Å². The largest absolute Gasteiger partial charge is 0.492 e. The Kier molecular flexibility index (Phi) is 7.22. The normalized spacial score (nSPS) is 18.7. The zero-order chi connectivity index (χ0) is 19.8. The van der Waals surface area contributed by atoms with Crippen LogP contribution in [0, 0.1) is 5.92 Å². The second kappa shape index (κ2) is 10.1. The van der Waals surface area contributed by atoms with Gasteiger partial charge in [-0.05, 0) is 38.8 Å². The van der Waals surface area contributed by atoms with Crippen molar-refractivity contribution in [3.8, 4) is 17.2 Å². The Morgan fingerprint density at radius 3 is 3.00 bits per heavy atom. The van der Waals surface area contributed by atoms with E-state index in [1.807, 2.05) is 32.0 Å². The molecular weight excluding hydrogens is 362 g/mol. The molecular formula is C20H29N3O5. The van der Waals surface area contributed by atoms with E-state index >= 15 is 0 Å². The minimum atomic E-state index is -0.116. The predicted molar refractivity (Wildman–Crippen MR) is 105 cm³/mol. The first-order chi connectivity index (χ1) is 13.7. The van der Waals surface area contributed by atoms with E-state index in [1.165, 1.54) is 0 Å². The number of carbonyl (C=O) groups is 1. The number of carbonyl (C=O) groups excluding carboxylic acids is 1. The molecule has 0 aromatic heterocycles. The summed E-state index contributed by atoms with van der Waals surface area (Å²) in [4.78, 5) is 18.9. The number of rotatable bonds is 7. The number of ether oxygens (including phenoxy) is 4. The number of fused-ring (bicyclic) bond motifs is 1. The van der Waals surface area contributed by atoms with Crippen molar-refractivity contribution in [2.45, 2.75) is 26.7 Å². The molecule has 0 bridgehead atoms. The lowest BCUT2D eigenvalue weighted by atomic mass is 9.98. The maximum Gasteiger partial charge on any atom is 0.310 e. The lowest BCUT2D eigenvalue weighted by Gasteiger charge is -2.34. The van der Waals surface area contributed by atoms with Crippen molar-refractivity contribution in [3.05, 3.63) is 18.2 Å². The molecule has 1 unspecified atom stereocenters. The molecule has 2 heterocycles. The van der Waals surface area contributed by atoms with Gasteiger partial charge in [-0.2, -0.15) is 0 Å². The average Bonchev–Trinajstić information content (AvgIpc) is 3.18. The Hall–Kier alpha value is -2.64. The van der Waals surface area contributed by atoms with Crippen molar-refractivity contribution in [2.24, 2.45) is 10.9 Å². The van der Waals surface area contributed by atoms with E-state index < -0.39 is 0 Å². The Morgan fingerprint density at radius 2 is 2.18 bits per heavy atom. The summed E-state index contributed by atoms with van der Waals surface area (Å²) in [7, 11) is 0. The molecule has 0 saturated carbocycles.